The van der Waals surface area contributed by atoms with Crippen LogP contribution in [-0.4, -0.2) is 16.1 Å². The van der Waals surface area contributed by atoms with Gasteiger partial charge in [-0.3, -0.25) is 0 Å². The summed E-state index contributed by atoms with van der Waals surface area (Å²) in [4.78, 5) is 4.77. The lowest BCUT2D eigenvalue weighted by atomic mass is 10.2. The molecule has 3 nitrogen and oxygen atoms in total. The Hall–Kier alpha value is -1.33. The van der Waals surface area contributed by atoms with Crippen molar-refractivity contribution in [1.82, 2.24) is 14.9 Å². The van der Waals surface area contributed by atoms with Gasteiger partial charge in [0, 0.05) is 26.0 Å². The Morgan fingerprint density at radius 1 is 1.44 bits per heavy atom. The maximum absolute atomic E-state index is 13.9. The Kier molecular flexibility index (Phi) is 4.38. The third kappa shape index (κ3) is 3.11. The largest absolute Gasteiger partial charge is 0.329 e. The van der Waals surface area contributed by atoms with Crippen LogP contribution in [0.4, 0.5) is 4.39 Å². The number of hydrogen-bond acceptors (Lipinski definition) is 3. The monoisotopic (exact) mass is 265 g/mol. The molecule has 1 aromatic heterocycles. The van der Waals surface area contributed by atoms with Crippen LogP contribution in [-0.2, 0) is 13.6 Å². The highest BCUT2D eigenvalue weighted by Gasteiger charge is 2.08. The van der Waals surface area contributed by atoms with Gasteiger partial charge in [0.15, 0.2) is 5.16 Å². The molecule has 0 saturated carbocycles. The van der Waals surface area contributed by atoms with Crippen molar-refractivity contribution < 1.29 is 4.39 Å². The molecular weight excluding hydrogens is 249 g/mol. The van der Waals surface area contributed by atoms with Crippen molar-refractivity contribution in [2.24, 2.45) is 7.05 Å². The van der Waals surface area contributed by atoms with Crippen LogP contribution >= 0.6 is 11.8 Å². The van der Waals surface area contributed by atoms with Crippen LogP contribution in [0.1, 0.15) is 12.5 Å². The molecule has 0 amide bonds. The van der Waals surface area contributed by atoms with Crippen molar-refractivity contribution in [3.63, 3.8) is 0 Å². The van der Waals surface area contributed by atoms with Crippen LogP contribution in [0.2, 0.25) is 0 Å². The highest BCUT2D eigenvalue weighted by Crippen LogP contribution is 2.28. The molecule has 5 heteroatoms. The molecule has 0 spiro atoms. The first-order valence-electron chi connectivity index (χ1n) is 5.85. The number of hydrogen-bond donors (Lipinski definition) is 1. The Morgan fingerprint density at radius 2 is 2.28 bits per heavy atom. The van der Waals surface area contributed by atoms with E-state index in [9.17, 15) is 4.39 Å². The van der Waals surface area contributed by atoms with E-state index in [1.165, 1.54) is 11.8 Å². The highest BCUT2D eigenvalue weighted by molar-refractivity contribution is 7.99. The Morgan fingerprint density at radius 3 is 2.89 bits per heavy atom. The molecule has 1 aromatic carbocycles. The van der Waals surface area contributed by atoms with Crippen molar-refractivity contribution in [2.45, 2.75) is 23.5 Å². The maximum atomic E-state index is 13.9. The zero-order chi connectivity index (χ0) is 13.0. The molecule has 2 rings (SSSR count). The van der Waals surface area contributed by atoms with Gasteiger partial charge in [-0.15, -0.1) is 0 Å². The van der Waals surface area contributed by atoms with E-state index < -0.39 is 0 Å². The summed E-state index contributed by atoms with van der Waals surface area (Å²) in [6.45, 7) is 3.60. The summed E-state index contributed by atoms with van der Waals surface area (Å²) in [7, 11) is 1.90. The number of imidazole rings is 1. The lowest BCUT2D eigenvalue weighted by Gasteiger charge is -2.06. The fourth-order valence-corrected chi connectivity index (χ4v) is 2.36. The average Bonchev–Trinajstić information content (AvgIpc) is 2.75. The van der Waals surface area contributed by atoms with Gasteiger partial charge >= 0.3 is 0 Å². The summed E-state index contributed by atoms with van der Waals surface area (Å²) in [5.74, 6) is -0.196. The minimum Gasteiger partial charge on any atom is -0.329 e. The summed E-state index contributed by atoms with van der Waals surface area (Å²) in [6.07, 6.45) is 3.56. The van der Waals surface area contributed by atoms with Crippen LogP contribution in [0, 0.1) is 5.82 Å². The molecule has 0 bridgehead atoms. The van der Waals surface area contributed by atoms with Crippen LogP contribution < -0.4 is 5.32 Å². The minimum absolute atomic E-state index is 0.196. The second-order valence-corrected chi connectivity index (χ2v) is 4.98. The number of aryl methyl sites for hydroxylation is 1. The molecule has 96 valence electrons. The fourth-order valence-electron chi connectivity index (χ4n) is 1.56. The van der Waals surface area contributed by atoms with E-state index >= 15 is 0 Å². The van der Waals surface area contributed by atoms with Gasteiger partial charge in [-0.2, -0.15) is 0 Å². The van der Waals surface area contributed by atoms with Crippen molar-refractivity contribution in [3.8, 4) is 0 Å². The molecule has 0 atom stereocenters. The third-order valence-corrected chi connectivity index (χ3v) is 3.68. The normalized spacial score (nSPS) is 10.8. The Balaban J connectivity index is 2.12. The van der Waals surface area contributed by atoms with Gasteiger partial charge in [0.2, 0.25) is 0 Å². The maximum Gasteiger partial charge on any atom is 0.172 e. The molecule has 18 heavy (non-hydrogen) atoms. The van der Waals surface area contributed by atoms with Gasteiger partial charge in [-0.05, 0) is 36.0 Å². The molecule has 2 aromatic rings. The molecule has 0 fully saturated rings. The molecule has 0 saturated heterocycles. The van der Waals surface area contributed by atoms with Gasteiger partial charge in [0.25, 0.3) is 0 Å². The van der Waals surface area contributed by atoms with E-state index in [1.807, 2.05) is 30.8 Å². The summed E-state index contributed by atoms with van der Waals surface area (Å²) >= 11 is 1.34. The van der Waals surface area contributed by atoms with Gasteiger partial charge < -0.3 is 9.88 Å². The average molecular weight is 265 g/mol. The second-order valence-electron chi connectivity index (χ2n) is 3.97. The van der Waals surface area contributed by atoms with E-state index in [1.54, 1.807) is 18.3 Å². The fraction of sp³-hybridized carbons (Fsp3) is 0.308. The topological polar surface area (TPSA) is 29.9 Å². The molecule has 0 aliphatic rings. The van der Waals surface area contributed by atoms with Crippen molar-refractivity contribution in [2.75, 3.05) is 6.54 Å². The van der Waals surface area contributed by atoms with Gasteiger partial charge in [-0.25, -0.2) is 9.37 Å². The smallest absolute Gasteiger partial charge is 0.172 e. The molecule has 0 aliphatic heterocycles. The standard InChI is InChI=1S/C13H16FN3S/c1-3-15-9-10-4-5-12(11(14)8-10)18-13-16-6-7-17(13)2/h4-8,15H,3,9H2,1-2H3. The number of halogens is 1. The van der Waals surface area contributed by atoms with E-state index in [2.05, 4.69) is 10.3 Å². The molecule has 0 radical (unpaired) electrons. The summed E-state index contributed by atoms with van der Waals surface area (Å²) in [6, 6.07) is 5.33. The quantitative estimate of drug-likeness (QED) is 0.901. The van der Waals surface area contributed by atoms with Crippen molar-refractivity contribution in [3.05, 3.63) is 42.0 Å². The lowest BCUT2D eigenvalue weighted by molar-refractivity contribution is 0.596. The zero-order valence-corrected chi connectivity index (χ0v) is 11.3. The first kappa shape index (κ1) is 13.1. The lowest BCUT2D eigenvalue weighted by Crippen LogP contribution is -2.11. The summed E-state index contributed by atoms with van der Waals surface area (Å²) < 4.78 is 15.8. The van der Waals surface area contributed by atoms with E-state index in [0.29, 0.717) is 11.4 Å². The van der Waals surface area contributed by atoms with Crippen LogP contribution in [0.25, 0.3) is 0 Å². The predicted octanol–water partition coefficient (Wildman–Crippen LogP) is 2.82. The Labute approximate surface area is 110 Å². The van der Waals surface area contributed by atoms with Gasteiger partial charge in [-0.1, -0.05) is 13.0 Å². The third-order valence-electron chi connectivity index (χ3n) is 2.55. The first-order chi connectivity index (χ1) is 8.70. The number of aromatic nitrogens is 2. The van der Waals surface area contributed by atoms with E-state index in [4.69, 9.17) is 0 Å². The SMILES string of the molecule is CCNCc1ccc(Sc2nccn2C)c(F)c1. The number of benzene rings is 1. The molecule has 0 unspecified atom stereocenters. The molecule has 1 N–H and O–H groups in total. The molecule has 1 heterocycles. The van der Waals surface area contributed by atoms with Crippen LogP contribution in [0.5, 0.6) is 0 Å². The molecular formula is C13H16FN3S. The van der Waals surface area contributed by atoms with E-state index in [-0.39, 0.29) is 5.82 Å². The number of nitrogens with one attached hydrogen (secondary N) is 1. The first-order valence-corrected chi connectivity index (χ1v) is 6.66. The predicted molar refractivity (Wildman–Crippen MR) is 71.1 cm³/mol. The summed E-state index contributed by atoms with van der Waals surface area (Å²) in [5, 5.41) is 3.96. The van der Waals surface area contributed by atoms with E-state index in [0.717, 1.165) is 17.3 Å². The highest BCUT2D eigenvalue weighted by atomic mass is 32.2. The summed E-state index contributed by atoms with van der Waals surface area (Å²) in [5.41, 5.74) is 0.957. The Bertz CT molecular complexity index is 525. The van der Waals surface area contributed by atoms with Gasteiger partial charge in [0.1, 0.15) is 5.82 Å². The number of nitrogens with zero attached hydrogens (tertiary/aromatic N) is 2. The van der Waals surface area contributed by atoms with Crippen molar-refractivity contribution >= 4 is 11.8 Å². The van der Waals surface area contributed by atoms with Crippen LogP contribution in [0.15, 0.2) is 40.6 Å². The minimum atomic E-state index is -0.196. The van der Waals surface area contributed by atoms with Crippen LogP contribution in [0.3, 0.4) is 0 Å². The van der Waals surface area contributed by atoms with Crippen molar-refractivity contribution in [1.29, 1.82) is 0 Å². The second kappa shape index (κ2) is 6.02. The number of rotatable bonds is 5. The zero-order valence-electron chi connectivity index (χ0n) is 10.5. The van der Waals surface area contributed by atoms with Gasteiger partial charge in [0.05, 0.1) is 4.90 Å². The molecule has 0 aliphatic carbocycles.